The Hall–Kier alpha value is -0.860. The van der Waals surface area contributed by atoms with Crippen LogP contribution >= 0.6 is 0 Å². The second-order valence-electron chi connectivity index (χ2n) is 7.98. The van der Waals surface area contributed by atoms with E-state index in [1.54, 1.807) is 0 Å². The van der Waals surface area contributed by atoms with Crippen LogP contribution in [0.15, 0.2) is 0 Å². The van der Waals surface area contributed by atoms with Crippen molar-refractivity contribution >= 4 is 11.7 Å². The third-order valence-corrected chi connectivity index (χ3v) is 7.18. The summed E-state index contributed by atoms with van der Waals surface area (Å²) in [5, 5.41) is 0. The van der Waals surface area contributed by atoms with Gasteiger partial charge in [0.2, 0.25) is 5.91 Å². The van der Waals surface area contributed by atoms with E-state index in [4.69, 9.17) is 0 Å². The summed E-state index contributed by atoms with van der Waals surface area (Å²) in [5.74, 6) is 0.580. The number of nitrogens with zero attached hydrogens (tertiary/aromatic N) is 1. The van der Waals surface area contributed by atoms with Crippen LogP contribution < -0.4 is 0 Å². The Morgan fingerprint density at radius 3 is 2.40 bits per heavy atom. The average molecular weight is 277 g/mol. The molecule has 3 aliphatic rings. The molecule has 0 radical (unpaired) electrons. The first-order valence-electron chi connectivity index (χ1n) is 8.11. The number of likely N-dealkylation sites (tertiary alicyclic amines) is 1. The lowest BCUT2D eigenvalue weighted by Gasteiger charge is -2.44. The maximum Gasteiger partial charge on any atom is 0.230 e. The van der Waals surface area contributed by atoms with E-state index in [1.165, 1.54) is 6.42 Å². The Morgan fingerprint density at radius 2 is 1.90 bits per heavy atom. The molecule has 3 nitrogen and oxygen atoms in total. The van der Waals surface area contributed by atoms with Crippen LogP contribution in [-0.4, -0.2) is 29.2 Å². The van der Waals surface area contributed by atoms with Gasteiger partial charge in [-0.25, -0.2) is 0 Å². The molecule has 1 saturated heterocycles. The van der Waals surface area contributed by atoms with Gasteiger partial charge in [0.1, 0.15) is 5.78 Å². The highest BCUT2D eigenvalue weighted by atomic mass is 16.2. The maximum absolute atomic E-state index is 13.3. The van der Waals surface area contributed by atoms with Crippen molar-refractivity contribution in [1.82, 2.24) is 4.90 Å². The van der Waals surface area contributed by atoms with Crippen LogP contribution in [0.25, 0.3) is 0 Å². The van der Waals surface area contributed by atoms with Gasteiger partial charge in [-0.1, -0.05) is 20.8 Å². The van der Waals surface area contributed by atoms with Crippen LogP contribution in [0.3, 0.4) is 0 Å². The number of Topliss-reactive ketones (excluding diaryl/α,β-unsaturated/α-hetero) is 1. The van der Waals surface area contributed by atoms with Crippen molar-refractivity contribution < 1.29 is 9.59 Å². The summed E-state index contributed by atoms with van der Waals surface area (Å²) in [6.07, 6.45) is 5.68. The van der Waals surface area contributed by atoms with Crippen LogP contribution in [0.4, 0.5) is 0 Å². The fourth-order valence-corrected chi connectivity index (χ4v) is 5.01. The van der Waals surface area contributed by atoms with Crippen LogP contribution in [0.2, 0.25) is 0 Å². The number of amides is 1. The normalized spacial score (nSPS) is 43.1. The quantitative estimate of drug-likeness (QED) is 0.738. The van der Waals surface area contributed by atoms with Crippen molar-refractivity contribution in [2.24, 2.45) is 16.2 Å². The minimum atomic E-state index is -0.426. The van der Waals surface area contributed by atoms with E-state index in [9.17, 15) is 9.59 Å². The van der Waals surface area contributed by atoms with E-state index in [0.29, 0.717) is 18.2 Å². The van der Waals surface area contributed by atoms with Crippen LogP contribution in [0.5, 0.6) is 0 Å². The molecule has 0 spiro atoms. The van der Waals surface area contributed by atoms with Gasteiger partial charge in [-0.15, -0.1) is 0 Å². The fraction of sp³-hybridized carbons (Fsp3) is 0.882. The van der Waals surface area contributed by atoms with Gasteiger partial charge in [-0.2, -0.15) is 0 Å². The lowest BCUT2D eigenvalue weighted by molar-refractivity contribution is -0.151. The van der Waals surface area contributed by atoms with Gasteiger partial charge in [-0.05, 0) is 44.4 Å². The predicted molar refractivity (Wildman–Crippen MR) is 78.2 cm³/mol. The monoisotopic (exact) mass is 277 g/mol. The van der Waals surface area contributed by atoms with E-state index < -0.39 is 5.41 Å². The Labute approximate surface area is 122 Å². The molecule has 0 aromatic carbocycles. The van der Waals surface area contributed by atoms with Gasteiger partial charge in [-0.3, -0.25) is 9.59 Å². The molecule has 2 saturated carbocycles. The van der Waals surface area contributed by atoms with E-state index in [1.807, 2.05) is 0 Å². The second kappa shape index (κ2) is 4.08. The lowest BCUT2D eigenvalue weighted by atomic mass is 9.64. The zero-order chi connectivity index (χ0) is 14.8. The number of piperidine rings is 1. The van der Waals surface area contributed by atoms with Crippen molar-refractivity contribution in [3.8, 4) is 0 Å². The molecule has 1 heterocycles. The summed E-state index contributed by atoms with van der Waals surface area (Å²) >= 11 is 0. The van der Waals surface area contributed by atoms with Crippen LogP contribution in [-0.2, 0) is 9.59 Å². The summed E-state index contributed by atoms with van der Waals surface area (Å²) < 4.78 is 0. The van der Waals surface area contributed by atoms with Crippen LogP contribution in [0.1, 0.15) is 66.2 Å². The number of hydrogen-bond donors (Lipinski definition) is 0. The standard InChI is InChI=1S/C17H27NO2/c1-12-7-5-6-10-18(12)14(20)17-9-8-16(4,13(19)11-17)15(17,2)3/h12H,5-11H2,1-4H3/t12-,16-,17+/m1/s1. The highest BCUT2D eigenvalue weighted by Crippen LogP contribution is 2.71. The molecule has 0 unspecified atom stereocenters. The first-order chi connectivity index (χ1) is 9.26. The summed E-state index contributed by atoms with van der Waals surface area (Å²) in [4.78, 5) is 27.8. The third-order valence-electron chi connectivity index (χ3n) is 7.18. The first kappa shape index (κ1) is 14.1. The topological polar surface area (TPSA) is 37.4 Å². The Kier molecular flexibility index (Phi) is 2.88. The molecule has 20 heavy (non-hydrogen) atoms. The molecule has 1 aliphatic heterocycles. The molecule has 3 atom stereocenters. The SMILES string of the molecule is C[C@@H]1CCCCN1C(=O)[C@]12CC[C@](C)(C(=O)C1)C2(C)C. The predicted octanol–water partition coefficient (Wildman–Crippen LogP) is 3.17. The summed E-state index contributed by atoms with van der Waals surface area (Å²) in [6, 6.07) is 0.337. The van der Waals surface area contributed by atoms with Gasteiger partial charge >= 0.3 is 0 Å². The number of hydrogen-bond acceptors (Lipinski definition) is 2. The zero-order valence-corrected chi connectivity index (χ0v) is 13.3. The molecule has 112 valence electrons. The molecule has 3 heteroatoms. The summed E-state index contributed by atoms with van der Waals surface area (Å²) in [6.45, 7) is 9.42. The van der Waals surface area contributed by atoms with Gasteiger partial charge in [0.05, 0.1) is 5.41 Å². The summed E-state index contributed by atoms with van der Waals surface area (Å²) in [5.41, 5.74) is -0.919. The second-order valence-corrected chi connectivity index (χ2v) is 7.98. The highest BCUT2D eigenvalue weighted by molar-refractivity contribution is 5.99. The van der Waals surface area contributed by atoms with Crippen LogP contribution in [0, 0.1) is 16.2 Å². The van der Waals surface area contributed by atoms with Gasteiger partial charge in [0.15, 0.2) is 0 Å². The van der Waals surface area contributed by atoms with E-state index >= 15 is 0 Å². The van der Waals surface area contributed by atoms with E-state index in [-0.39, 0.29) is 16.7 Å². The molecular weight excluding hydrogens is 250 g/mol. The van der Waals surface area contributed by atoms with Crippen molar-refractivity contribution in [3.05, 3.63) is 0 Å². The minimum absolute atomic E-state index is 0.203. The third kappa shape index (κ3) is 1.42. The highest BCUT2D eigenvalue weighted by Gasteiger charge is 2.73. The molecule has 2 aliphatic carbocycles. The maximum atomic E-state index is 13.3. The average Bonchev–Trinajstić information content (AvgIpc) is 2.69. The van der Waals surface area contributed by atoms with Crippen molar-refractivity contribution in [2.75, 3.05) is 6.54 Å². The Balaban J connectivity index is 1.97. The van der Waals surface area contributed by atoms with Crippen molar-refractivity contribution in [2.45, 2.75) is 72.3 Å². The molecule has 3 fully saturated rings. The van der Waals surface area contributed by atoms with Crippen molar-refractivity contribution in [3.63, 3.8) is 0 Å². The van der Waals surface area contributed by atoms with Gasteiger partial charge < -0.3 is 4.90 Å². The van der Waals surface area contributed by atoms with Crippen molar-refractivity contribution in [1.29, 1.82) is 0 Å². The largest absolute Gasteiger partial charge is 0.339 e. The van der Waals surface area contributed by atoms with Gasteiger partial charge in [0, 0.05) is 24.4 Å². The number of ketones is 1. The molecule has 0 aromatic rings. The lowest BCUT2D eigenvalue weighted by Crippen LogP contribution is -2.52. The molecule has 0 aromatic heterocycles. The Bertz CT molecular complexity index is 470. The number of rotatable bonds is 1. The van der Waals surface area contributed by atoms with Gasteiger partial charge in [0.25, 0.3) is 0 Å². The smallest absolute Gasteiger partial charge is 0.230 e. The summed E-state index contributed by atoms with van der Waals surface area (Å²) in [7, 11) is 0. The molecule has 2 bridgehead atoms. The number of fused-ring (bicyclic) bond motifs is 2. The minimum Gasteiger partial charge on any atom is -0.339 e. The van der Waals surface area contributed by atoms with E-state index in [2.05, 4.69) is 32.6 Å². The zero-order valence-electron chi connectivity index (χ0n) is 13.3. The number of carbonyl (C=O) groups excluding carboxylic acids is 2. The Morgan fingerprint density at radius 1 is 1.20 bits per heavy atom. The molecular formula is C17H27NO2. The van der Waals surface area contributed by atoms with E-state index in [0.717, 1.165) is 32.2 Å². The first-order valence-corrected chi connectivity index (χ1v) is 8.11. The molecule has 3 rings (SSSR count). The number of carbonyl (C=O) groups is 2. The molecule has 1 amide bonds. The fourth-order valence-electron chi connectivity index (χ4n) is 5.01. The molecule has 0 N–H and O–H groups in total.